The molecular weight excluding hydrogens is 370 g/mol. The second-order valence-electron chi connectivity index (χ2n) is 7.89. The number of nitrogens with zero attached hydrogens (tertiary/aromatic N) is 3. The van der Waals surface area contributed by atoms with Crippen LogP contribution in [-0.4, -0.2) is 60.3 Å². The molecule has 2 aliphatic heterocycles. The van der Waals surface area contributed by atoms with Gasteiger partial charge in [-0.2, -0.15) is 0 Å². The molecule has 3 heterocycles. The highest BCUT2D eigenvalue weighted by atomic mass is 16.5. The van der Waals surface area contributed by atoms with E-state index >= 15 is 0 Å². The van der Waals surface area contributed by atoms with Gasteiger partial charge in [0.25, 0.3) is 5.91 Å². The van der Waals surface area contributed by atoms with Crippen molar-refractivity contribution in [2.75, 3.05) is 33.3 Å². The van der Waals surface area contributed by atoms with Gasteiger partial charge in [-0.15, -0.1) is 0 Å². The Labute approximate surface area is 171 Å². The number of piperidine rings is 1. The van der Waals surface area contributed by atoms with Crippen molar-refractivity contribution in [2.24, 2.45) is 0 Å². The Kier molecular flexibility index (Phi) is 6.04. The standard InChI is InChI=1S/C22H29N3O4/c1-16-13-19(29-23-16)15-24-11-7-17(8-12-24)28-21-14-18(27-2)5-6-20(21)22(26)25-9-3-4-10-25/h5-6,13-14,17H,3-4,7-12,15H2,1-2H3. The van der Waals surface area contributed by atoms with Gasteiger partial charge >= 0.3 is 0 Å². The van der Waals surface area contributed by atoms with E-state index in [1.165, 1.54) is 0 Å². The number of benzene rings is 1. The second-order valence-corrected chi connectivity index (χ2v) is 7.89. The molecule has 0 aliphatic carbocycles. The van der Waals surface area contributed by atoms with Gasteiger partial charge in [0.15, 0.2) is 5.76 Å². The average Bonchev–Trinajstić information content (AvgIpc) is 3.41. The highest BCUT2D eigenvalue weighted by molar-refractivity contribution is 5.97. The first-order chi connectivity index (χ1) is 14.1. The van der Waals surface area contributed by atoms with Crippen LogP contribution in [0, 0.1) is 6.92 Å². The van der Waals surface area contributed by atoms with Gasteiger partial charge in [-0.05, 0) is 44.7 Å². The van der Waals surface area contributed by atoms with E-state index in [2.05, 4.69) is 10.1 Å². The van der Waals surface area contributed by atoms with E-state index in [1.807, 2.05) is 36.1 Å². The number of rotatable bonds is 6. The van der Waals surface area contributed by atoms with Gasteiger partial charge in [0.2, 0.25) is 0 Å². The Bertz CT molecular complexity index is 836. The first kappa shape index (κ1) is 19.8. The number of likely N-dealkylation sites (tertiary alicyclic amines) is 2. The van der Waals surface area contributed by atoms with Crippen molar-refractivity contribution in [1.29, 1.82) is 0 Å². The Hall–Kier alpha value is -2.54. The highest BCUT2D eigenvalue weighted by Gasteiger charge is 2.26. The van der Waals surface area contributed by atoms with Crippen LogP contribution in [0.1, 0.15) is 47.5 Å². The molecule has 0 bridgehead atoms. The summed E-state index contributed by atoms with van der Waals surface area (Å²) >= 11 is 0. The van der Waals surface area contributed by atoms with Crippen molar-refractivity contribution >= 4 is 5.91 Å². The number of hydrogen-bond donors (Lipinski definition) is 0. The van der Waals surface area contributed by atoms with Crippen molar-refractivity contribution in [2.45, 2.75) is 45.3 Å². The quantitative estimate of drug-likeness (QED) is 0.743. The second kappa shape index (κ2) is 8.86. The van der Waals surface area contributed by atoms with Gasteiger partial charge in [0.05, 0.1) is 24.9 Å². The zero-order valence-corrected chi connectivity index (χ0v) is 17.2. The van der Waals surface area contributed by atoms with Gasteiger partial charge in [-0.1, -0.05) is 5.16 Å². The third-order valence-electron chi connectivity index (χ3n) is 5.70. The van der Waals surface area contributed by atoms with Crippen LogP contribution in [0.4, 0.5) is 0 Å². The lowest BCUT2D eigenvalue weighted by atomic mass is 10.1. The fourth-order valence-electron chi connectivity index (χ4n) is 4.07. The summed E-state index contributed by atoms with van der Waals surface area (Å²) in [5.74, 6) is 2.29. The van der Waals surface area contributed by atoms with E-state index < -0.39 is 0 Å². The first-order valence-electron chi connectivity index (χ1n) is 10.4. The molecular formula is C22H29N3O4. The number of aryl methyl sites for hydroxylation is 1. The molecule has 0 saturated carbocycles. The minimum absolute atomic E-state index is 0.0540. The summed E-state index contributed by atoms with van der Waals surface area (Å²) in [6.07, 6.45) is 4.03. The van der Waals surface area contributed by atoms with Crippen LogP contribution >= 0.6 is 0 Å². The summed E-state index contributed by atoms with van der Waals surface area (Å²) < 4.78 is 17.0. The summed E-state index contributed by atoms with van der Waals surface area (Å²) in [5.41, 5.74) is 1.54. The predicted molar refractivity (Wildman–Crippen MR) is 108 cm³/mol. The summed E-state index contributed by atoms with van der Waals surface area (Å²) in [5, 5.41) is 3.95. The molecule has 2 saturated heterocycles. The molecule has 0 radical (unpaired) electrons. The Balaban J connectivity index is 1.40. The molecule has 156 valence electrons. The molecule has 0 N–H and O–H groups in total. The van der Waals surface area contributed by atoms with Gasteiger partial charge in [0, 0.05) is 38.3 Å². The number of hydrogen-bond acceptors (Lipinski definition) is 6. The summed E-state index contributed by atoms with van der Waals surface area (Å²) in [6.45, 7) is 6.19. The van der Waals surface area contributed by atoms with Crippen LogP contribution in [0.3, 0.4) is 0 Å². The summed E-state index contributed by atoms with van der Waals surface area (Å²) in [7, 11) is 1.63. The maximum absolute atomic E-state index is 12.9. The maximum atomic E-state index is 12.9. The van der Waals surface area contributed by atoms with Crippen LogP contribution in [0.25, 0.3) is 0 Å². The first-order valence-corrected chi connectivity index (χ1v) is 10.4. The number of carbonyl (C=O) groups is 1. The van der Waals surface area contributed by atoms with Crippen molar-refractivity contribution in [3.63, 3.8) is 0 Å². The van der Waals surface area contributed by atoms with Crippen molar-refractivity contribution < 1.29 is 18.8 Å². The van der Waals surface area contributed by atoms with Crippen LogP contribution in [0.5, 0.6) is 11.5 Å². The lowest BCUT2D eigenvalue weighted by molar-refractivity contribution is 0.0758. The van der Waals surface area contributed by atoms with Gasteiger partial charge in [0.1, 0.15) is 17.6 Å². The average molecular weight is 399 g/mol. The minimum atomic E-state index is 0.0540. The Morgan fingerprint density at radius 3 is 2.59 bits per heavy atom. The molecule has 0 atom stereocenters. The van der Waals surface area contributed by atoms with E-state index in [0.29, 0.717) is 17.1 Å². The molecule has 1 aromatic carbocycles. The van der Waals surface area contributed by atoms with E-state index in [1.54, 1.807) is 7.11 Å². The van der Waals surface area contributed by atoms with Gasteiger partial charge in [-0.25, -0.2) is 0 Å². The highest BCUT2D eigenvalue weighted by Crippen LogP contribution is 2.30. The van der Waals surface area contributed by atoms with Gasteiger partial charge < -0.3 is 18.9 Å². The van der Waals surface area contributed by atoms with Crippen LogP contribution in [0.15, 0.2) is 28.8 Å². The zero-order chi connectivity index (χ0) is 20.2. The van der Waals surface area contributed by atoms with Crippen molar-refractivity contribution in [3.8, 4) is 11.5 Å². The van der Waals surface area contributed by atoms with E-state index in [9.17, 15) is 4.79 Å². The number of aromatic nitrogens is 1. The molecule has 0 spiro atoms. The molecule has 1 aromatic heterocycles. The molecule has 29 heavy (non-hydrogen) atoms. The molecule has 2 fully saturated rings. The third-order valence-corrected chi connectivity index (χ3v) is 5.70. The van der Waals surface area contributed by atoms with Crippen molar-refractivity contribution in [3.05, 3.63) is 41.3 Å². The summed E-state index contributed by atoms with van der Waals surface area (Å²) in [6, 6.07) is 7.48. The predicted octanol–water partition coefficient (Wildman–Crippen LogP) is 3.27. The molecule has 2 aromatic rings. The fraction of sp³-hybridized carbons (Fsp3) is 0.545. The molecule has 1 amide bonds. The lowest BCUT2D eigenvalue weighted by Crippen LogP contribution is -2.38. The number of amides is 1. The molecule has 2 aliphatic rings. The van der Waals surface area contributed by atoms with Crippen molar-refractivity contribution in [1.82, 2.24) is 15.0 Å². The van der Waals surface area contributed by atoms with E-state index in [4.69, 9.17) is 14.0 Å². The molecule has 7 heteroatoms. The SMILES string of the molecule is COc1ccc(C(=O)N2CCCC2)c(OC2CCN(Cc3cc(C)no3)CC2)c1. The smallest absolute Gasteiger partial charge is 0.257 e. The Morgan fingerprint density at radius 2 is 1.93 bits per heavy atom. The zero-order valence-electron chi connectivity index (χ0n) is 17.2. The Morgan fingerprint density at radius 1 is 1.17 bits per heavy atom. The van der Waals surface area contributed by atoms with Crippen LogP contribution in [0.2, 0.25) is 0 Å². The molecule has 0 unspecified atom stereocenters. The van der Waals surface area contributed by atoms with E-state index in [0.717, 1.165) is 69.9 Å². The normalized spacial score (nSPS) is 18.2. The largest absolute Gasteiger partial charge is 0.497 e. The maximum Gasteiger partial charge on any atom is 0.257 e. The molecule has 7 nitrogen and oxygen atoms in total. The minimum Gasteiger partial charge on any atom is -0.497 e. The summed E-state index contributed by atoms with van der Waals surface area (Å²) in [4.78, 5) is 17.2. The number of methoxy groups -OCH3 is 1. The van der Waals surface area contributed by atoms with Crippen LogP contribution < -0.4 is 9.47 Å². The third kappa shape index (κ3) is 4.72. The van der Waals surface area contributed by atoms with E-state index in [-0.39, 0.29) is 12.0 Å². The number of carbonyl (C=O) groups excluding carboxylic acids is 1. The van der Waals surface area contributed by atoms with Crippen LogP contribution in [-0.2, 0) is 6.54 Å². The fourth-order valence-corrected chi connectivity index (χ4v) is 4.07. The van der Waals surface area contributed by atoms with Gasteiger partial charge in [-0.3, -0.25) is 9.69 Å². The number of ether oxygens (including phenoxy) is 2. The molecule has 4 rings (SSSR count). The topological polar surface area (TPSA) is 68.0 Å². The lowest BCUT2D eigenvalue weighted by Gasteiger charge is -2.32. The monoisotopic (exact) mass is 399 g/mol.